The van der Waals surface area contributed by atoms with Crippen LogP contribution in [-0.4, -0.2) is 61.7 Å². The minimum atomic E-state index is 0.814. The lowest BCUT2D eigenvalue weighted by Gasteiger charge is -2.38. The van der Waals surface area contributed by atoms with E-state index in [9.17, 15) is 0 Å². The van der Waals surface area contributed by atoms with Crippen molar-refractivity contribution in [3.8, 4) is 0 Å². The largest absolute Gasteiger partial charge is 0.311 e. The maximum atomic E-state index is 3.71. The average Bonchev–Trinajstić information content (AvgIpc) is 3.24. The maximum Gasteiger partial charge on any atom is 0.0223 e. The lowest BCUT2D eigenvalue weighted by Crippen LogP contribution is -2.53. The lowest BCUT2D eigenvalue weighted by atomic mass is 9.95. The van der Waals surface area contributed by atoms with Crippen LogP contribution in [0.2, 0.25) is 0 Å². The topological polar surface area (TPSA) is 18.5 Å². The first-order valence-corrected chi connectivity index (χ1v) is 8.03. The van der Waals surface area contributed by atoms with E-state index in [1.165, 1.54) is 71.5 Å². The number of likely N-dealkylation sites (tertiary alicyclic amines) is 1. The standard InChI is InChI=1S/C15H29N3/c1-2-17-8-5-13(6-9-17)11-18-10-7-16-15(12-18)14-3-4-14/h13-16H,2-12H2,1H3. The summed E-state index contributed by atoms with van der Waals surface area (Å²) in [4.78, 5) is 5.34. The molecule has 1 aliphatic carbocycles. The van der Waals surface area contributed by atoms with Crippen LogP contribution >= 0.6 is 0 Å². The van der Waals surface area contributed by atoms with E-state index in [1.54, 1.807) is 0 Å². The van der Waals surface area contributed by atoms with Gasteiger partial charge in [0, 0.05) is 32.2 Å². The van der Waals surface area contributed by atoms with Crippen molar-refractivity contribution in [1.29, 1.82) is 0 Å². The Morgan fingerprint density at radius 1 is 1.00 bits per heavy atom. The lowest BCUT2D eigenvalue weighted by molar-refractivity contribution is 0.122. The molecule has 0 radical (unpaired) electrons. The van der Waals surface area contributed by atoms with E-state index >= 15 is 0 Å². The Morgan fingerprint density at radius 2 is 1.78 bits per heavy atom. The molecule has 3 heteroatoms. The fourth-order valence-corrected chi connectivity index (χ4v) is 3.67. The van der Waals surface area contributed by atoms with Gasteiger partial charge in [0.2, 0.25) is 0 Å². The highest BCUT2D eigenvalue weighted by Crippen LogP contribution is 2.33. The molecule has 2 heterocycles. The molecule has 2 saturated heterocycles. The van der Waals surface area contributed by atoms with Crippen LogP contribution in [0.15, 0.2) is 0 Å². The Bertz CT molecular complexity index is 256. The quantitative estimate of drug-likeness (QED) is 0.815. The number of piperidine rings is 1. The summed E-state index contributed by atoms with van der Waals surface area (Å²) in [6, 6.07) is 0.814. The number of piperazine rings is 1. The zero-order valence-electron chi connectivity index (χ0n) is 11.9. The second-order valence-corrected chi connectivity index (χ2v) is 6.54. The predicted molar refractivity (Wildman–Crippen MR) is 75.8 cm³/mol. The van der Waals surface area contributed by atoms with Crippen LogP contribution in [0.25, 0.3) is 0 Å². The molecule has 0 aromatic heterocycles. The van der Waals surface area contributed by atoms with E-state index < -0.39 is 0 Å². The summed E-state index contributed by atoms with van der Waals surface area (Å²) in [5.41, 5.74) is 0. The maximum absolute atomic E-state index is 3.71. The van der Waals surface area contributed by atoms with Crippen molar-refractivity contribution in [3.05, 3.63) is 0 Å². The highest BCUT2D eigenvalue weighted by molar-refractivity contribution is 4.91. The van der Waals surface area contributed by atoms with Crippen molar-refractivity contribution in [1.82, 2.24) is 15.1 Å². The normalized spacial score (nSPS) is 32.8. The molecule has 3 aliphatic rings. The number of hydrogen-bond donors (Lipinski definition) is 1. The monoisotopic (exact) mass is 251 g/mol. The first-order valence-electron chi connectivity index (χ1n) is 8.03. The molecule has 0 aromatic carbocycles. The molecule has 104 valence electrons. The van der Waals surface area contributed by atoms with Crippen LogP contribution in [0.4, 0.5) is 0 Å². The Kier molecular flexibility index (Phi) is 4.22. The first-order chi connectivity index (χ1) is 8.85. The summed E-state index contributed by atoms with van der Waals surface area (Å²) in [6.45, 7) is 11.4. The molecular weight excluding hydrogens is 222 g/mol. The third-order valence-electron chi connectivity index (χ3n) is 5.15. The van der Waals surface area contributed by atoms with Gasteiger partial charge in [-0.25, -0.2) is 0 Å². The Balaban J connectivity index is 1.42. The molecule has 1 saturated carbocycles. The van der Waals surface area contributed by atoms with Gasteiger partial charge in [-0.05, 0) is 57.2 Å². The van der Waals surface area contributed by atoms with Crippen molar-refractivity contribution in [3.63, 3.8) is 0 Å². The van der Waals surface area contributed by atoms with Gasteiger partial charge in [-0.15, -0.1) is 0 Å². The molecule has 3 rings (SSSR count). The molecule has 3 fully saturated rings. The fraction of sp³-hybridized carbons (Fsp3) is 1.00. The smallest absolute Gasteiger partial charge is 0.0223 e. The van der Waals surface area contributed by atoms with Crippen LogP contribution in [-0.2, 0) is 0 Å². The highest BCUT2D eigenvalue weighted by Gasteiger charge is 2.34. The van der Waals surface area contributed by atoms with Crippen molar-refractivity contribution < 1.29 is 0 Å². The number of nitrogens with one attached hydrogen (secondary N) is 1. The molecule has 0 amide bonds. The van der Waals surface area contributed by atoms with Gasteiger partial charge in [-0.1, -0.05) is 6.92 Å². The summed E-state index contributed by atoms with van der Waals surface area (Å²) >= 11 is 0. The molecule has 1 N–H and O–H groups in total. The molecule has 18 heavy (non-hydrogen) atoms. The molecular formula is C15H29N3. The molecule has 3 nitrogen and oxygen atoms in total. The zero-order valence-corrected chi connectivity index (χ0v) is 11.9. The summed E-state index contributed by atoms with van der Waals surface area (Å²) in [6.07, 6.45) is 5.79. The van der Waals surface area contributed by atoms with Crippen LogP contribution in [0, 0.1) is 11.8 Å². The van der Waals surface area contributed by atoms with Crippen molar-refractivity contribution in [2.75, 3.05) is 45.8 Å². The van der Waals surface area contributed by atoms with E-state index in [-0.39, 0.29) is 0 Å². The Morgan fingerprint density at radius 3 is 2.44 bits per heavy atom. The van der Waals surface area contributed by atoms with E-state index in [1.807, 2.05) is 0 Å². The third-order valence-corrected chi connectivity index (χ3v) is 5.15. The summed E-state index contributed by atoms with van der Waals surface area (Å²) in [5.74, 6) is 1.97. The predicted octanol–water partition coefficient (Wildman–Crippen LogP) is 1.40. The molecule has 2 aliphatic heterocycles. The highest BCUT2D eigenvalue weighted by atomic mass is 15.2. The van der Waals surface area contributed by atoms with E-state index in [0.717, 1.165) is 17.9 Å². The fourth-order valence-electron chi connectivity index (χ4n) is 3.67. The van der Waals surface area contributed by atoms with Gasteiger partial charge in [0.1, 0.15) is 0 Å². The summed E-state index contributed by atoms with van der Waals surface area (Å²) in [5, 5.41) is 3.71. The minimum Gasteiger partial charge on any atom is -0.311 e. The van der Waals surface area contributed by atoms with Crippen LogP contribution in [0.3, 0.4) is 0 Å². The van der Waals surface area contributed by atoms with Crippen LogP contribution in [0.5, 0.6) is 0 Å². The van der Waals surface area contributed by atoms with E-state index in [0.29, 0.717) is 0 Å². The van der Waals surface area contributed by atoms with Crippen LogP contribution in [0.1, 0.15) is 32.6 Å². The second-order valence-electron chi connectivity index (χ2n) is 6.54. The van der Waals surface area contributed by atoms with Crippen molar-refractivity contribution >= 4 is 0 Å². The van der Waals surface area contributed by atoms with Crippen molar-refractivity contribution in [2.45, 2.75) is 38.6 Å². The SMILES string of the molecule is CCN1CCC(CN2CCNC(C3CC3)C2)CC1. The Labute approximate surface area is 112 Å². The first kappa shape index (κ1) is 12.9. The van der Waals surface area contributed by atoms with Gasteiger partial charge in [0.05, 0.1) is 0 Å². The molecule has 0 spiro atoms. The third kappa shape index (κ3) is 3.25. The van der Waals surface area contributed by atoms with Gasteiger partial charge in [0.25, 0.3) is 0 Å². The molecule has 0 bridgehead atoms. The number of nitrogens with zero attached hydrogens (tertiary/aromatic N) is 2. The van der Waals surface area contributed by atoms with Gasteiger partial charge in [-0.3, -0.25) is 0 Å². The Hall–Kier alpha value is -0.120. The van der Waals surface area contributed by atoms with Crippen LogP contribution < -0.4 is 5.32 Å². The average molecular weight is 251 g/mol. The van der Waals surface area contributed by atoms with Gasteiger partial charge < -0.3 is 15.1 Å². The van der Waals surface area contributed by atoms with Gasteiger partial charge in [0.15, 0.2) is 0 Å². The van der Waals surface area contributed by atoms with Crippen molar-refractivity contribution in [2.24, 2.45) is 11.8 Å². The minimum absolute atomic E-state index is 0.814. The number of rotatable bonds is 4. The van der Waals surface area contributed by atoms with E-state index in [2.05, 4.69) is 22.0 Å². The summed E-state index contributed by atoms with van der Waals surface area (Å²) < 4.78 is 0. The van der Waals surface area contributed by atoms with E-state index in [4.69, 9.17) is 0 Å². The zero-order chi connectivity index (χ0) is 12.4. The molecule has 1 unspecified atom stereocenters. The number of hydrogen-bond acceptors (Lipinski definition) is 3. The molecule has 0 aromatic rings. The second kappa shape index (κ2) is 5.89. The summed E-state index contributed by atoms with van der Waals surface area (Å²) in [7, 11) is 0. The van der Waals surface area contributed by atoms with Gasteiger partial charge >= 0.3 is 0 Å². The molecule has 1 atom stereocenters. The van der Waals surface area contributed by atoms with Gasteiger partial charge in [-0.2, -0.15) is 0 Å².